The van der Waals surface area contributed by atoms with Gasteiger partial charge < -0.3 is 20.2 Å². The number of fused-ring (bicyclic) bond motifs is 3. The molecule has 2 aromatic heterocycles. The highest BCUT2D eigenvalue weighted by Crippen LogP contribution is 2.42. The number of aromatic nitrogens is 2. The lowest BCUT2D eigenvalue weighted by Crippen LogP contribution is -2.52. The maximum Gasteiger partial charge on any atom is 0.416 e. The minimum atomic E-state index is -4.63. The first-order valence-corrected chi connectivity index (χ1v) is 13.8. The van der Waals surface area contributed by atoms with E-state index in [0.717, 1.165) is 45.1 Å². The fourth-order valence-corrected chi connectivity index (χ4v) is 6.46. The third-order valence-electron chi connectivity index (χ3n) is 8.36. The summed E-state index contributed by atoms with van der Waals surface area (Å²) in [6.07, 6.45) is -2.86. The highest BCUT2D eigenvalue weighted by molar-refractivity contribution is 6.10. The molecule has 3 aliphatic heterocycles. The highest BCUT2D eigenvalue weighted by atomic mass is 19.4. The molecule has 220 valence electrons. The summed E-state index contributed by atoms with van der Waals surface area (Å²) in [5, 5.41) is 12.9. The molecule has 0 bridgehead atoms. The summed E-state index contributed by atoms with van der Waals surface area (Å²) in [5.41, 5.74) is 4.35. The van der Waals surface area contributed by atoms with E-state index < -0.39 is 29.6 Å². The van der Waals surface area contributed by atoms with Gasteiger partial charge >= 0.3 is 6.18 Å². The molecular weight excluding hydrogens is 549 g/mol. The fourth-order valence-electron chi connectivity index (χ4n) is 6.46. The van der Waals surface area contributed by atoms with Crippen LogP contribution in [0.15, 0.2) is 42.6 Å². The molecule has 0 radical (unpaired) electrons. The summed E-state index contributed by atoms with van der Waals surface area (Å²) in [7, 11) is 1.63. The third-order valence-corrected chi connectivity index (χ3v) is 8.36. The van der Waals surface area contributed by atoms with Gasteiger partial charge in [0.2, 0.25) is 11.8 Å². The van der Waals surface area contributed by atoms with Gasteiger partial charge in [-0.3, -0.25) is 19.5 Å². The lowest BCUT2D eigenvalue weighted by Gasteiger charge is -2.39. The van der Waals surface area contributed by atoms with Crippen LogP contribution in [0, 0.1) is 19.8 Å². The van der Waals surface area contributed by atoms with Gasteiger partial charge in [0.15, 0.2) is 0 Å². The Hall–Kier alpha value is -4.03. The number of carbonyl (C=O) groups is 2. The van der Waals surface area contributed by atoms with Gasteiger partial charge in [0.25, 0.3) is 0 Å². The molecule has 42 heavy (non-hydrogen) atoms. The molecule has 0 unspecified atom stereocenters. The highest BCUT2D eigenvalue weighted by Gasteiger charge is 2.49. The summed E-state index contributed by atoms with van der Waals surface area (Å²) < 4.78 is 41.0. The fraction of sp³-hybridized carbons (Fsp3) is 0.400. The number of halogens is 3. The van der Waals surface area contributed by atoms with Gasteiger partial charge in [-0.1, -0.05) is 12.1 Å². The number of aryl methyl sites for hydroxylation is 2. The summed E-state index contributed by atoms with van der Waals surface area (Å²) in [6.45, 7) is 4.69. The molecule has 1 saturated heterocycles. The van der Waals surface area contributed by atoms with Crippen LogP contribution >= 0.6 is 0 Å². The van der Waals surface area contributed by atoms with Crippen molar-refractivity contribution in [2.24, 2.45) is 5.92 Å². The number of likely N-dealkylation sites (N-methyl/N-ethyl adjacent to an activating group) is 1. The number of amides is 2. The zero-order chi connectivity index (χ0) is 29.9. The van der Waals surface area contributed by atoms with Crippen LogP contribution in [-0.4, -0.2) is 53.1 Å². The maximum atomic E-state index is 14.0. The second-order valence-corrected chi connectivity index (χ2v) is 11.3. The molecule has 1 fully saturated rings. The van der Waals surface area contributed by atoms with Crippen molar-refractivity contribution in [1.82, 2.24) is 15.3 Å². The first-order valence-electron chi connectivity index (χ1n) is 13.8. The van der Waals surface area contributed by atoms with E-state index >= 15 is 0 Å². The van der Waals surface area contributed by atoms with Gasteiger partial charge in [-0.25, -0.2) is 4.98 Å². The smallest absolute Gasteiger partial charge is 0.394 e. The molecule has 6 rings (SSSR count). The van der Waals surface area contributed by atoms with Crippen LogP contribution in [0.2, 0.25) is 0 Å². The van der Waals surface area contributed by atoms with E-state index in [1.807, 2.05) is 25.1 Å². The first-order chi connectivity index (χ1) is 20.0. The van der Waals surface area contributed by atoms with Gasteiger partial charge in [0, 0.05) is 50.9 Å². The average molecular weight is 581 g/mol. The van der Waals surface area contributed by atoms with E-state index in [0.29, 0.717) is 25.3 Å². The van der Waals surface area contributed by atoms with E-state index in [4.69, 9.17) is 0 Å². The summed E-state index contributed by atoms with van der Waals surface area (Å²) in [5.74, 6) is -1.50. The Kier molecular flexibility index (Phi) is 6.93. The largest absolute Gasteiger partial charge is 0.416 e. The van der Waals surface area contributed by atoms with Crippen LogP contribution in [0.1, 0.15) is 46.1 Å². The molecular formula is C30H31F3N6O3. The first kappa shape index (κ1) is 28.1. The molecule has 0 spiro atoms. The minimum absolute atomic E-state index is 0.0104. The van der Waals surface area contributed by atoms with Gasteiger partial charge in [0.1, 0.15) is 11.9 Å². The average Bonchev–Trinajstić information content (AvgIpc) is 3.49. The molecule has 3 atom stereocenters. The lowest BCUT2D eigenvalue weighted by atomic mass is 9.94. The third kappa shape index (κ3) is 4.78. The van der Waals surface area contributed by atoms with E-state index in [1.165, 1.54) is 11.8 Å². The Bertz CT molecular complexity index is 1580. The van der Waals surface area contributed by atoms with Crippen LogP contribution < -0.4 is 20.0 Å². The number of nitrogens with zero attached hydrogens (tertiary/aromatic N) is 5. The SMILES string of the molecule is Cc1cc(C(F)(F)F)cc(N2C(=O)C[C@@H]3CN(Cc4cnc5c(c4)CN[C@H]5CO)c4c(C)cccc4N(C)C(=O)[C@H]32)n1. The standard InChI is InChI=1S/C30H31F3N6O3/c1-16-5-4-6-23-27(16)38(13-18-8-19-12-34-22(15-40)26(19)35-11-18)14-20-9-25(41)39(28(20)29(42)37(23)3)24-10-21(30(31,32)33)7-17(2)36-24/h4-8,10-11,20,22,28,34,40H,9,12-15H2,1-3H3/t20-,22+,28+/m1/s1. The number of pyridine rings is 2. The normalized spacial score (nSPS) is 22.2. The van der Waals surface area contributed by atoms with Crippen molar-refractivity contribution in [2.45, 2.75) is 51.6 Å². The van der Waals surface area contributed by atoms with Crippen molar-refractivity contribution in [2.75, 3.05) is 34.9 Å². The lowest BCUT2D eigenvalue weighted by molar-refractivity contribution is -0.137. The number of aliphatic hydroxyl groups is 1. The summed E-state index contributed by atoms with van der Waals surface area (Å²) >= 11 is 0. The van der Waals surface area contributed by atoms with E-state index in [-0.39, 0.29) is 36.5 Å². The number of anilines is 3. The van der Waals surface area contributed by atoms with Crippen LogP contribution in [0.3, 0.4) is 0 Å². The Morgan fingerprint density at radius 2 is 1.93 bits per heavy atom. The number of nitrogens with one attached hydrogen (secondary N) is 1. The van der Waals surface area contributed by atoms with Crippen LogP contribution in [0.25, 0.3) is 0 Å². The summed E-state index contributed by atoms with van der Waals surface area (Å²) in [4.78, 5) is 41.1. The molecule has 0 saturated carbocycles. The van der Waals surface area contributed by atoms with Gasteiger partial charge in [0.05, 0.1) is 35.3 Å². The van der Waals surface area contributed by atoms with Crippen molar-refractivity contribution >= 4 is 29.0 Å². The van der Waals surface area contributed by atoms with Crippen LogP contribution in [0.4, 0.5) is 30.4 Å². The monoisotopic (exact) mass is 580 g/mol. The number of hydrogen-bond acceptors (Lipinski definition) is 7. The number of para-hydroxylation sites is 1. The molecule has 2 amide bonds. The molecule has 0 aliphatic carbocycles. The maximum absolute atomic E-state index is 14.0. The second-order valence-electron chi connectivity index (χ2n) is 11.3. The zero-order valence-electron chi connectivity index (χ0n) is 23.4. The van der Waals surface area contributed by atoms with E-state index in [9.17, 15) is 27.9 Å². The van der Waals surface area contributed by atoms with Crippen LogP contribution in [-0.2, 0) is 28.9 Å². The number of aliphatic hydroxyl groups excluding tert-OH is 1. The molecule has 9 nitrogen and oxygen atoms in total. The number of benzene rings is 1. The molecule has 3 aromatic rings. The summed E-state index contributed by atoms with van der Waals surface area (Å²) in [6, 6.07) is 8.23. The molecule has 2 N–H and O–H groups in total. The van der Waals surface area contributed by atoms with Crippen molar-refractivity contribution in [3.8, 4) is 0 Å². The van der Waals surface area contributed by atoms with Crippen molar-refractivity contribution < 1.29 is 27.9 Å². The Morgan fingerprint density at radius 1 is 1.14 bits per heavy atom. The minimum Gasteiger partial charge on any atom is -0.394 e. The number of alkyl halides is 3. The van der Waals surface area contributed by atoms with E-state index in [2.05, 4.69) is 26.3 Å². The Morgan fingerprint density at radius 3 is 2.67 bits per heavy atom. The van der Waals surface area contributed by atoms with Gasteiger partial charge in [-0.2, -0.15) is 13.2 Å². The van der Waals surface area contributed by atoms with Crippen molar-refractivity contribution in [3.05, 3.63) is 76.2 Å². The predicted molar refractivity (Wildman–Crippen MR) is 150 cm³/mol. The Labute approximate surface area is 241 Å². The van der Waals surface area contributed by atoms with Crippen molar-refractivity contribution in [3.63, 3.8) is 0 Å². The number of carbonyl (C=O) groups excluding carboxylic acids is 2. The van der Waals surface area contributed by atoms with Crippen molar-refractivity contribution in [1.29, 1.82) is 0 Å². The van der Waals surface area contributed by atoms with Crippen LogP contribution in [0.5, 0.6) is 0 Å². The molecule has 5 heterocycles. The predicted octanol–water partition coefficient (Wildman–Crippen LogP) is 3.65. The van der Waals surface area contributed by atoms with Gasteiger partial charge in [-0.15, -0.1) is 0 Å². The topological polar surface area (TPSA) is 102 Å². The molecule has 1 aromatic carbocycles. The van der Waals surface area contributed by atoms with Gasteiger partial charge in [-0.05, 0) is 54.8 Å². The zero-order valence-corrected chi connectivity index (χ0v) is 23.4. The molecule has 12 heteroatoms. The Balaban J connectivity index is 1.41. The van der Waals surface area contributed by atoms with E-state index in [1.54, 1.807) is 13.2 Å². The second kappa shape index (κ2) is 10.4. The molecule has 3 aliphatic rings. The number of hydrogen-bond donors (Lipinski definition) is 2. The number of rotatable bonds is 4. The quantitative estimate of drug-likeness (QED) is 0.486.